The molecule has 7 heteroatoms. The van der Waals surface area contributed by atoms with E-state index in [1.165, 1.54) is 18.6 Å². The number of anilines is 1. The van der Waals surface area contributed by atoms with E-state index in [0.717, 1.165) is 35.3 Å². The number of allylic oxidation sites excluding steroid dienone is 2. The van der Waals surface area contributed by atoms with Gasteiger partial charge in [-0.1, -0.05) is 24.3 Å². The molecule has 33 heavy (non-hydrogen) atoms. The quantitative estimate of drug-likeness (QED) is 0.548. The molecule has 1 aliphatic heterocycles. The SMILES string of the molecule is C=CC=NC(=C(C)C)[C@H](O)c1ccc(F)c(-c2ncnc3cc(N4CCOCC4)ccc23)c1. The maximum Gasteiger partial charge on any atom is 0.132 e. The third kappa shape index (κ3) is 4.84. The van der Waals surface area contributed by atoms with E-state index in [0.29, 0.717) is 35.7 Å². The van der Waals surface area contributed by atoms with Crippen LogP contribution in [0.1, 0.15) is 25.5 Å². The summed E-state index contributed by atoms with van der Waals surface area (Å²) in [6, 6.07) is 10.5. The molecule has 2 heterocycles. The van der Waals surface area contributed by atoms with Crippen molar-refractivity contribution in [3.8, 4) is 11.3 Å². The van der Waals surface area contributed by atoms with Crippen molar-refractivity contribution in [2.24, 2.45) is 4.99 Å². The van der Waals surface area contributed by atoms with Gasteiger partial charge in [0.1, 0.15) is 18.2 Å². The molecule has 0 unspecified atom stereocenters. The molecule has 0 aliphatic carbocycles. The molecule has 1 atom stereocenters. The Morgan fingerprint density at radius 3 is 2.70 bits per heavy atom. The number of aliphatic hydroxyl groups excluding tert-OH is 1. The fourth-order valence-corrected chi connectivity index (χ4v) is 3.94. The molecule has 1 fully saturated rings. The molecule has 1 aliphatic rings. The highest BCUT2D eigenvalue weighted by Crippen LogP contribution is 2.33. The molecule has 170 valence electrons. The molecule has 0 amide bonds. The Labute approximate surface area is 192 Å². The number of aliphatic imine (C=N–C) groups is 1. The van der Waals surface area contributed by atoms with Crippen LogP contribution in [0.5, 0.6) is 0 Å². The summed E-state index contributed by atoms with van der Waals surface area (Å²) in [6.45, 7) is 10.4. The molecule has 3 aromatic rings. The Morgan fingerprint density at radius 2 is 1.97 bits per heavy atom. The molecule has 0 saturated carbocycles. The lowest BCUT2D eigenvalue weighted by atomic mass is 9.98. The Kier molecular flexibility index (Phi) is 6.91. The van der Waals surface area contributed by atoms with Crippen molar-refractivity contribution in [2.45, 2.75) is 20.0 Å². The van der Waals surface area contributed by atoms with Crippen LogP contribution < -0.4 is 4.90 Å². The number of rotatable bonds is 6. The van der Waals surface area contributed by atoms with Crippen LogP contribution in [0.4, 0.5) is 10.1 Å². The van der Waals surface area contributed by atoms with Gasteiger partial charge >= 0.3 is 0 Å². The summed E-state index contributed by atoms with van der Waals surface area (Å²) in [4.78, 5) is 15.4. The van der Waals surface area contributed by atoms with Gasteiger partial charge in [0.15, 0.2) is 0 Å². The Balaban J connectivity index is 1.76. The predicted molar refractivity (Wildman–Crippen MR) is 130 cm³/mol. The molecule has 6 nitrogen and oxygen atoms in total. The second kappa shape index (κ2) is 10.0. The maximum atomic E-state index is 15.0. The van der Waals surface area contributed by atoms with Gasteiger partial charge in [-0.2, -0.15) is 0 Å². The highest BCUT2D eigenvalue weighted by atomic mass is 19.1. The number of hydrogen-bond acceptors (Lipinski definition) is 6. The molecule has 0 radical (unpaired) electrons. The number of ether oxygens (including phenoxy) is 1. The third-order valence-electron chi connectivity index (χ3n) is 5.65. The van der Waals surface area contributed by atoms with Gasteiger partial charge in [-0.3, -0.25) is 4.99 Å². The van der Waals surface area contributed by atoms with E-state index in [-0.39, 0.29) is 0 Å². The molecule has 2 aromatic carbocycles. The van der Waals surface area contributed by atoms with E-state index in [2.05, 4.69) is 26.4 Å². The van der Waals surface area contributed by atoms with Crippen molar-refractivity contribution in [1.82, 2.24) is 9.97 Å². The highest BCUT2D eigenvalue weighted by Gasteiger charge is 2.19. The molecule has 0 spiro atoms. The van der Waals surface area contributed by atoms with E-state index >= 15 is 0 Å². The zero-order valence-electron chi connectivity index (χ0n) is 18.8. The number of fused-ring (bicyclic) bond motifs is 1. The maximum absolute atomic E-state index is 15.0. The number of benzene rings is 2. The van der Waals surface area contributed by atoms with Gasteiger partial charge in [0.05, 0.1) is 30.1 Å². The topological polar surface area (TPSA) is 70.8 Å². The number of morpholine rings is 1. The predicted octanol–water partition coefficient (Wildman–Crippen LogP) is 4.86. The van der Waals surface area contributed by atoms with Crippen LogP contribution in [-0.2, 0) is 4.74 Å². The van der Waals surface area contributed by atoms with E-state index in [9.17, 15) is 9.50 Å². The van der Waals surface area contributed by atoms with Gasteiger partial charge in [-0.25, -0.2) is 14.4 Å². The first-order valence-electron chi connectivity index (χ1n) is 10.9. The average molecular weight is 447 g/mol. The van der Waals surface area contributed by atoms with E-state index in [1.807, 2.05) is 32.0 Å². The van der Waals surface area contributed by atoms with Gasteiger partial charge < -0.3 is 14.7 Å². The van der Waals surface area contributed by atoms with Crippen molar-refractivity contribution >= 4 is 22.8 Å². The molecule has 0 bridgehead atoms. The van der Waals surface area contributed by atoms with Crippen LogP contribution in [0.25, 0.3) is 22.2 Å². The number of halogens is 1. The van der Waals surface area contributed by atoms with Crippen LogP contribution in [0, 0.1) is 5.82 Å². The van der Waals surface area contributed by atoms with E-state index in [1.54, 1.807) is 18.2 Å². The fraction of sp³-hybridized carbons (Fsp3) is 0.269. The second-order valence-electron chi connectivity index (χ2n) is 8.06. The fourth-order valence-electron chi connectivity index (χ4n) is 3.94. The van der Waals surface area contributed by atoms with Crippen LogP contribution in [0.15, 0.2) is 71.6 Å². The second-order valence-corrected chi connectivity index (χ2v) is 8.06. The summed E-state index contributed by atoms with van der Waals surface area (Å²) >= 11 is 0. The first kappa shape index (κ1) is 22.8. The van der Waals surface area contributed by atoms with Gasteiger partial charge in [0.2, 0.25) is 0 Å². The Morgan fingerprint density at radius 1 is 1.18 bits per heavy atom. The zero-order valence-corrected chi connectivity index (χ0v) is 18.8. The van der Waals surface area contributed by atoms with Crippen molar-refractivity contribution < 1.29 is 14.2 Å². The lowest BCUT2D eigenvalue weighted by Gasteiger charge is -2.29. The summed E-state index contributed by atoms with van der Waals surface area (Å²) < 4.78 is 20.4. The molecule has 1 aromatic heterocycles. The summed E-state index contributed by atoms with van der Waals surface area (Å²) in [5.74, 6) is -0.420. The molecule has 4 rings (SSSR count). The smallest absolute Gasteiger partial charge is 0.132 e. The van der Waals surface area contributed by atoms with Crippen molar-refractivity contribution in [1.29, 1.82) is 0 Å². The van der Waals surface area contributed by atoms with Crippen molar-refractivity contribution in [3.05, 3.63) is 78.0 Å². The monoisotopic (exact) mass is 446 g/mol. The number of aromatic nitrogens is 2. The lowest BCUT2D eigenvalue weighted by molar-refractivity contribution is 0.122. The largest absolute Gasteiger partial charge is 0.382 e. The summed E-state index contributed by atoms with van der Waals surface area (Å²) in [5.41, 5.74) is 4.45. The average Bonchev–Trinajstić information content (AvgIpc) is 2.84. The first-order chi connectivity index (χ1) is 16.0. The standard InChI is InChI=1S/C26H27FN4O2/c1-4-9-28-24(17(2)3)26(32)18-5-8-22(27)21(14-18)25-20-7-6-19(15-23(20)29-16-30-25)31-10-12-33-13-11-31/h4-9,14-16,26,32H,1,10-13H2,2-3H3/t26-/m1/s1. The number of nitrogens with zero attached hydrogens (tertiary/aromatic N) is 4. The van der Waals surface area contributed by atoms with E-state index in [4.69, 9.17) is 4.74 Å². The number of hydrogen-bond donors (Lipinski definition) is 1. The molecule has 1 N–H and O–H groups in total. The Hall–Kier alpha value is -3.42. The minimum Gasteiger partial charge on any atom is -0.382 e. The molecular formula is C26H27FN4O2. The summed E-state index contributed by atoms with van der Waals surface area (Å²) in [6.07, 6.45) is 3.51. The van der Waals surface area contributed by atoms with Gasteiger partial charge in [0, 0.05) is 35.9 Å². The third-order valence-corrected chi connectivity index (χ3v) is 5.65. The van der Waals surface area contributed by atoms with E-state index < -0.39 is 11.9 Å². The number of aliphatic hydroxyl groups is 1. The minimum atomic E-state index is -1.01. The van der Waals surface area contributed by atoms with Crippen LogP contribution in [-0.4, -0.2) is 47.6 Å². The normalized spacial score (nSPS) is 15.1. The van der Waals surface area contributed by atoms with Gasteiger partial charge in [0.25, 0.3) is 0 Å². The Bertz CT molecular complexity index is 1230. The molecule has 1 saturated heterocycles. The van der Waals surface area contributed by atoms with Crippen molar-refractivity contribution in [2.75, 3.05) is 31.2 Å². The van der Waals surface area contributed by atoms with Crippen molar-refractivity contribution in [3.63, 3.8) is 0 Å². The van der Waals surface area contributed by atoms with Crippen LogP contribution in [0.3, 0.4) is 0 Å². The van der Waals surface area contributed by atoms with Crippen LogP contribution >= 0.6 is 0 Å². The minimum absolute atomic E-state index is 0.305. The highest BCUT2D eigenvalue weighted by molar-refractivity contribution is 5.94. The van der Waals surface area contributed by atoms with Gasteiger partial charge in [-0.15, -0.1) is 0 Å². The molecular weight excluding hydrogens is 419 g/mol. The zero-order chi connectivity index (χ0) is 23.4. The first-order valence-corrected chi connectivity index (χ1v) is 10.9. The van der Waals surface area contributed by atoms with Gasteiger partial charge in [-0.05, 0) is 49.7 Å². The summed E-state index contributed by atoms with van der Waals surface area (Å²) in [5, 5.41) is 11.7. The van der Waals surface area contributed by atoms with Crippen LogP contribution in [0.2, 0.25) is 0 Å². The lowest BCUT2D eigenvalue weighted by Crippen LogP contribution is -2.36. The summed E-state index contributed by atoms with van der Waals surface area (Å²) in [7, 11) is 0.